The van der Waals surface area contributed by atoms with Crippen molar-refractivity contribution in [1.82, 2.24) is 9.80 Å². The number of aliphatic imine (C=N–C) groups is 2. The van der Waals surface area contributed by atoms with E-state index in [4.69, 9.17) is 9.98 Å². The summed E-state index contributed by atoms with van der Waals surface area (Å²) in [6, 6.07) is 13.9. The van der Waals surface area contributed by atoms with Crippen LogP contribution in [0.25, 0.3) is 0 Å². The first-order chi connectivity index (χ1) is 16.9. The topological polar surface area (TPSA) is 68.6 Å². The van der Waals surface area contributed by atoms with E-state index in [-0.39, 0.29) is 23.4 Å². The van der Waals surface area contributed by atoms with Gasteiger partial charge < -0.3 is 9.80 Å². The molecule has 0 N–H and O–H groups in total. The fourth-order valence-corrected chi connectivity index (χ4v) is 5.53. The number of carbonyl (C=O) groups excluding carboxylic acids is 2. The lowest BCUT2D eigenvalue weighted by atomic mass is 10.0. The Bertz CT molecular complexity index is 1210. The number of thioether (sulfide) groups is 1. The SMILES string of the molecule is CC(C)C[C@H]1N=C2c3ccccc3N=C(SCC(=O)N3CCN(c4ccccc4F)CC3)N2C1=O. The van der Waals surface area contributed by atoms with E-state index >= 15 is 0 Å². The molecule has 5 rings (SSSR count). The lowest BCUT2D eigenvalue weighted by Crippen LogP contribution is -2.50. The van der Waals surface area contributed by atoms with Crippen LogP contribution in [-0.4, -0.2) is 70.6 Å². The number of piperazine rings is 1. The molecule has 0 aliphatic carbocycles. The Morgan fingerprint density at radius 1 is 1.09 bits per heavy atom. The Kier molecular flexibility index (Phi) is 6.60. The fourth-order valence-electron chi connectivity index (χ4n) is 4.62. The van der Waals surface area contributed by atoms with Gasteiger partial charge in [0.25, 0.3) is 5.91 Å². The van der Waals surface area contributed by atoms with Crippen LogP contribution in [-0.2, 0) is 9.59 Å². The zero-order valence-corrected chi connectivity index (χ0v) is 20.7. The standard InChI is InChI=1S/C26H28FN5O2S/c1-17(2)15-21-25(34)32-24(28-21)18-7-3-5-9-20(18)29-26(32)35-16-23(33)31-13-11-30(12-14-31)22-10-6-4-8-19(22)27/h3-10,17,21H,11-16H2,1-2H3/t21-/m1/s1. The minimum Gasteiger partial charge on any atom is -0.366 e. The van der Waals surface area contributed by atoms with Gasteiger partial charge in [-0.2, -0.15) is 0 Å². The van der Waals surface area contributed by atoms with Crippen LogP contribution in [0.15, 0.2) is 58.5 Å². The molecule has 0 radical (unpaired) electrons. The number of benzene rings is 2. The van der Waals surface area contributed by atoms with Gasteiger partial charge in [0.15, 0.2) is 5.17 Å². The van der Waals surface area contributed by atoms with Crippen molar-refractivity contribution in [3.8, 4) is 0 Å². The van der Waals surface area contributed by atoms with Gasteiger partial charge in [-0.15, -0.1) is 0 Å². The van der Waals surface area contributed by atoms with Crippen molar-refractivity contribution in [2.45, 2.75) is 26.3 Å². The second kappa shape index (κ2) is 9.81. The third-order valence-corrected chi connectivity index (χ3v) is 7.32. The van der Waals surface area contributed by atoms with Crippen LogP contribution in [0.3, 0.4) is 0 Å². The highest BCUT2D eigenvalue weighted by Crippen LogP contribution is 2.34. The van der Waals surface area contributed by atoms with Crippen molar-refractivity contribution in [1.29, 1.82) is 0 Å². The van der Waals surface area contributed by atoms with Crippen molar-refractivity contribution in [2.75, 3.05) is 36.8 Å². The van der Waals surface area contributed by atoms with Crippen molar-refractivity contribution < 1.29 is 14.0 Å². The van der Waals surface area contributed by atoms with Crippen LogP contribution in [0.5, 0.6) is 0 Å². The summed E-state index contributed by atoms with van der Waals surface area (Å²) in [6.07, 6.45) is 0.671. The smallest absolute Gasteiger partial charge is 0.259 e. The number of para-hydroxylation sites is 2. The predicted octanol–water partition coefficient (Wildman–Crippen LogP) is 3.91. The van der Waals surface area contributed by atoms with Gasteiger partial charge in [0.2, 0.25) is 5.91 Å². The number of hydrogen-bond donors (Lipinski definition) is 0. The molecule has 3 heterocycles. The molecule has 0 aromatic heterocycles. The van der Waals surface area contributed by atoms with E-state index in [9.17, 15) is 14.0 Å². The number of fused-ring (bicyclic) bond motifs is 3. The van der Waals surface area contributed by atoms with Gasteiger partial charge in [-0.05, 0) is 36.6 Å². The lowest BCUT2D eigenvalue weighted by Gasteiger charge is -2.36. The van der Waals surface area contributed by atoms with Gasteiger partial charge in [-0.25, -0.2) is 14.3 Å². The summed E-state index contributed by atoms with van der Waals surface area (Å²) in [4.78, 5) is 41.0. The zero-order chi connectivity index (χ0) is 24.5. The monoisotopic (exact) mass is 493 g/mol. The molecular formula is C26H28FN5O2S. The second-order valence-electron chi connectivity index (χ2n) is 9.29. The minimum atomic E-state index is -0.427. The summed E-state index contributed by atoms with van der Waals surface area (Å²) in [5.74, 6) is 0.783. The highest BCUT2D eigenvalue weighted by Gasteiger charge is 2.41. The van der Waals surface area contributed by atoms with E-state index in [1.807, 2.05) is 35.2 Å². The molecule has 2 aromatic carbocycles. The zero-order valence-electron chi connectivity index (χ0n) is 19.9. The number of amidine groups is 2. The van der Waals surface area contributed by atoms with Crippen molar-refractivity contribution in [3.63, 3.8) is 0 Å². The molecule has 1 fully saturated rings. The third kappa shape index (κ3) is 4.69. The van der Waals surface area contributed by atoms with E-state index in [0.717, 1.165) is 11.3 Å². The number of hydrogen-bond acceptors (Lipinski definition) is 6. The summed E-state index contributed by atoms with van der Waals surface area (Å²) >= 11 is 1.27. The molecular weight excluding hydrogens is 465 g/mol. The van der Waals surface area contributed by atoms with Crippen LogP contribution in [0.4, 0.5) is 15.8 Å². The van der Waals surface area contributed by atoms with E-state index in [1.165, 1.54) is 17.8 Å². The molecule has 3 aliphatic heterocycles. The molecule has 1 saturated heterocycles. The van der Waals surface area contributed by atoms with Crippen LogP contribution in [0.2, 0.25) is 0 Å². The minimum absolute atomic E-state index is 0.0198. The highest BCUT2D eigenvalue weighted by atomic mass is 32.2. The first kappa shape index (κ1) is 23.5. The molecule has 2 aromatic rings. The molecule has 2 amide bonds. The Hall–Kier alpha value is -3.20. The Morgan fingerprint density at radius 3 is 2.54 bits per heavy atom. The van der Waals surface area contributed by atoms with Gasteiger partial charge in [0, 0.05) is 31.7 Å². The Morgan fingerprint density at radius 2 is 1.80 bits per heavy atom. The van der Waals surface area contributed by atoms with Crippen LogP contribution >= 0.6 is 11.8 Å². The number of carbonyl (C=O) groups is 2. The number of amides is 2. The predicted molar refractivity (Wildman–Crippen MR) is 138 cm³/mol. The van der Waals surface area contributed by atoms with Gasteiger partial charge in [0.1, 0.15) is 17.7 Å². The normalized spacial score (nSPS) is 19.5. The molecule has 9 heteroatoms. The molecule has 0 bridgehead atoms. The van der Waals surface area contributed by atoms with E-state index < -0.39 is 6.04 Å². The molecule has 0 unspecified atom stereocenters. The summed E-state index contributed by atoms with van der Waals surface area (Å²) in [5, 5.41) is 0.497. The number of nitrogens with zero attached hydrogens (tertiary/aromatic N) is 5. The fraction of sp³-hybridized carbons (Fsp3) is 0.385. The maximum Gasteiger partial charge on any atom is 0.259 e. The summed E-state index contributed by atoms with van der Waals surface area (Å²) in [5.41, 5.74) is 2.17. The maximum absolute atomic E-state index is 14.1. The molecule has 182 valence electrons. The van der Waals surface area contributed by atoms with Crippen molar-refractivity contribution >= 4 is 46.0 Å². The quantitative estimate of drug-likeness (QED) is 0.633. The van der Waals surface area contributed by atoms with Gasteiger partial charge >= 0.3 is 0 Å². The van der Waals surface area contributed by atoms with Crippen LogP contribution < -0.4 is 4.90 Å². The number of halogens is 1. The molecule has 35 heavy (non-hydrogen) atoms. The molecule has 0 spiro atoms. The largest absolute Gasteiger partial charge is 0.366 e. The Labute approximate surface area is 208 Å². The number of rotatable bonds is 5. The molecule has 7 nitrogen and oxygen atoms in total. The van der Waals surface area contributed by atoms with Gasteiger partial charge in [-0.1, -0.05) is 49.9 Å². The first-order valence-corrected chi connectivity index (χ1v) is 12.9. The van der Waals surface area contributed by atoms with Crippen molar-refractivity contribution in [3.05, 3.63) is 59.9 Å². The van der Waals surface area contributed by atoms with Crippen LogP contribution in [0.1, 0.15) is 25.8 Å². The average Bonchev–Trinajstić information content (AvgIpc) is 3.18. The van der Waals surface area contributed by atoms with Gasteiger partial charge in [0.05, 0.1) is 17.1 Å². The summed E-state index contributed by atoms with van der Waals surface area (Å²) in [6.45, 7) is 6.34. The van der Waals surface area contributed by atoms with E-state index in [0.29, 0.717) is 55.2 Å². The molecule has 0 saturated carbocycles. The van der Waals surface area contributed by atoms with E-state index in [2.05, 4.69) is 13.8 Å². The molecule has 1 atom stereocenters. The maximum atomic E-state index is 14.1. The third-order valence-electron chi connectivity index (χ3n) is 6.39. The summed E-state index contributed by atoms with van der Waals surface area (Å²) in [7, 11) is 0. The average molecular weight is 494 g/mol. The Balaban J connectivity index is 1.26. The number of anilines is 1. The second-order valence-corrected chi connectivity index (χ2v) is 10.2. The van der Waals surface area contributed by atoms with E-state index in [1.54, 1.807) is 21.9 Å². The summed E-state index contributed by atoms with van der Waals surface area (Å²) < 4.78 is 14.1. The van der Waals surface area contributed by atoms with Gasteiger partial charge in [-0.3, -0.25) is 14.6 Å². The van der Waals surface area contributed by atoms with Crippen molar-refractivity contribution in [2.24, 2.45) is 15.9 Å². The molecule has 3 aliphatic rings. The lowest BCUT2D eigenvalue weighted by molar-refractivity contribution is -0.128. The first-order valence-electron chi connectivity index (χ1n) is 11.9. The van der Waals surface area contributed by atoms with Crippen LogP contribution in [0, 0.1) is 11.7 Å². The highest BCUT2D eigenvalue weighted by molar-refractivity contribution is 8.14.